The highest BCUT2D eigenvalue weighted by atomic mass is 16.5. The van der Waals surface area contributed by atoms with Crippen LogP contribution in [0.25, 0.3) is 11.3 Å². The molecule has 138 valence electrons. The average molecular weight is 363 g/mol. The van der Waals surface area contributed by atoms with Crippen LogP contribution in [-0.4, -0.2) is 59.3 Å². The van der Waals surface area contributed by atoms with Gasteiger partial charge < -0.3 is 14.5 Å². The van der Waals surface area contributed by atoms with Crippen LogP contribution < -0.4 is 9.64 Å². The fourth-order valence-corrected chi connectivity index (χ4v) is 3.22. The molecule has 2 aromatic heterocycles. The van der Waals surface area contributed by atoms with Crippen molar-refractivity contribution in [1.29, 1.82) is 0 Å². The van der Waals surface area contributed by atoms with Crippen molar-refractivity contribution in [3.8, 4) is 17.0 Å². The second-order valence-corrected chi connectivity index (χ2v) is 6.39. The van der Waals surface area contributed by atoms with Crippen LogP contribution in [0, 0.1) is 0 Å². The SMILES string of the molecule is COc1ccc(N2CCN(C(=O)c3cc(-c4cccnc4)n[nH]3)CC2)cc1. The topological polar surface area (TPSA) is 74.3 Å². The van der Waals surface area contributed by atoms with Gasteiger partial charge in [0.2, 0.25) is 0 Å². The molecule has 4 rings (SSSR count). The third-order valence-electron chi connectivity index (χ3n) is 4.77. The summed E-state index contributed by atoms with van der Waals surface area (Å²) in [4.78, 5) is 21.0. The Kier molecular flexibility index (Phi) is 4.74. The molecule has 27 heavy (non-hydrogen) atoms. The maximum absolute atomic E-state index is 12.8. The molecule has 1 aromatic carbocycles. The van der Waals surface area contributed by atoms with Gasteiger partial charge in [-0.1, -0.05) is 0 Å². The summed E-state index contributed by atoms with van der Waals surface area (Å²) in [6.45, 7) is 2.93. The Morgan fingerprint density at radius 1 is 1.11 bits per heavy atom. The molecule has 0 radical (unpaired) electrons. The number of benzene rings is 1. The van der Waals surface area contributed by atoms with Gasteiger partial charge in [0.15, 0.2) is 0 Å². The molecule has 1 aliphatic heterocycles. The van der Waals surface area contributed by atoms with E-state index in [0.717, 1.165) is 35.8 Å². The predicted molar refractivity (Wildman–Crippen MR) is 103 cm³/mol. The van der Waals surface area contributed by atoms with Gasteiger partial charge in [-0.15, -0.1) is 0 Å². The lowest BCUT2D eigenvalue weighted by atomic mass is 10.2. The number of H-pyrrole nitrogens is 1. The molecule has 7 nitrogen and oxygen atoms in total. The minimum atomic E-state index is -0.0213. The number of anilines is 1. The highest BCUT2D eigenvalue weighted by Gasteiger charge is 2.24. The number of hydrogen-bond donors (Lipinski definition) is 1. The first kappa shape index (κ1) is 17.1. The zero-order chi connectivity index (χ0) is 18.6. The Morgan fingerprint density at radius 2 is 1.89 bits per heavy atom. The fraction of sp³-hybridized carbons (Fsp3) is 0.250. The molecule has 0 bridgehead atoms. The van der Waals surface area contributed by atoms with E-state index in [1.54, 1.807) is 25.6 Å². The number of nitrogens with one attached hydrogen (secondary N) is 1. The van der Waals surface area contributed by atoms with Crippen molar-refractivity contribution < 1.29 is 9.53 Å². The highest BCUT2D eigenvalue weighted by Crippen LogP contribution is 2.21. The first-order valence-electron chi connectivity index (χ1n) is 8.88. The van der Waals surface area contributed by atoms with Gasteiger partial charge in [-0.3, -0.25) is 14.9 Å². The number of pyridine rings is 1. The molecule has 7 heteroatoms. The Morgan fingerprint density at radius 3 is 2.56 bits per heavy atom. The van der Waals surface area contributed by atoms with Gasteiger partial charge in [-0.05, 0) is 42.5 Å². The number of aromatic nitrogens is 3. The van der Waals surface area contributed by atoms with E-state index < -0.39 is 0 Å². The highest BCUT2D eigenvalue weighted by molar-refractivity contribution is 5.93. The number of amides is 1. The number of piperazine rings is 1. The number of nitrogens with zero attached hydrogens (tertiary/aromatic N) is 4. The van der Waals surface area contributed by atoms with E-state index in [-0.39, 0.29) is 5.91 Å². The molecule has 3 heterocycles. The largest absolute Gasteiger partial charge is 0.497 e. The van der Waals surface area contributed by atoms with Crippen LogP contribution in [0.1, 0.15) is 10.5 Å². The molecule has 1 fully saturated rings. The quantitative estimate of drug-likeness (QED) is 0.771. The van der Waals surface area contributed by atoms with Gasteiger partial charge in [0, 0.05) is 49.8 Å². The summed E-state index contributed by atoms with van der Waals surface area (Å²) in [6, 6.07) is 13.6. The summed E-state index contributed by atoms with van der Waals surface area (Å²) in [7, 11) is 1.66. The Hall–Kier alpha value is -3.35. The van der Waals surface area contributed by atoms with Crippen molar-refractivity contribution in [2.75, 3.05) is 38.2 Å². The van der Waals surface area contributed by atoms with Gasteiger partial charge in [0.1, 0.15) is 11.4 Å². The van der Waals surface area contributed by atoms with Gasteiger partial charge in [-0.2, -0.15) is 5.10 Å². The van der Waals surface area contributed by atoms with Crippen LogP contribution in [0.4, 0.5) is 5.69 Å². The number of aromatic amines is 1. The molecule has 0 unspecified atom stereocenters. The zero-order valence-corrected chi connectivity index (χ0v) is 15.1. The number of carbonyl (C=O) groups is 1. The Labute approximate surface area is 157 Å². The Balaban J connectivity index is 1.39. The first-order chi connectivity index (χ1) is 13.2. The van der Waals surface area contributed by atoms with Gasteiger partial charge in [-0.25, -0.2) is 0 Å². The summed E-state index contributed by atoms with van der Waals surface area (Å²) in [5.74, 6) is 0.822. The third kappa shape index (κ3) is 3.62. The third-order valence-corrected chi connectivity index (χ3v) is 4.77. The molecular formula is C20H21N5O2. The van der Waals surface area contributed by atoms with Crippen LogP contribution in [0.5, 0.6) is 5.75 Å². The minimum Gasteiger partial charge on any atom is -0.497 e. The van der Waals surface area contributed by atoms with Crippen molar-refractivity contribution in [2.45, 2.75) is 0 Å². The number of methoxy groups -OCH3 is 1. The molecule has 0 atom stereocenters. The lowest BCUT2D eigenvalue weighted by Crippen LogP contribution is -2.48. The summed E-state index contributed by atoms with van der Waals surface area (Å²) in [5.41, 5.74) is 3.26. The van der Waals surface area contributed by atoms with Crippen LogP contribution in [0.15, 0.2) is 54.9 Å². The molecule has 1 saturated heterocycles. The predicted octanol–water partition coefficient (Wildman–Crippen LogP) is 2.44. The smallest absolute Gasteiger partial charge is 0.272 e. The molecule has 0 spiro atoms. The monoisotopic (exact) mass is 363 g/mol. The number of carbonyl (C=O) groups excluding carboxylic acids is 1. The van der Waals surface area contributed by atoms with E-state index in [1.807, 2.05) is 41.3 Å². The number of ether oxygens (including phenoxy) is 1. The molecule has 1 aliphatic rings. The van der Waals surface area contributed by atoms with Crippen molar-refractivity contribution in [1.82, 2.24) is 20.1 Å². The number of hydrogen-bond acceptors (Lipinski definition) is 5. The van der Waals surface area contributed by atoms with Crippen LogP contribution in [0.2, 0.25) is 0 Å². The van der Waals surface area contributed by atoms with E-state index in [2.05, 4.69) is 20.1 Å². The lowest BCUT2D eigenvalue weighted by Gasteiger charge is -2.35. The van der Waals surface area contributed by atoms with Crippen molar-refractivity contribution in [3.05, 3.63) is 60.6 Å². The summed E-state index contributed by atoms with van der Waals surface area (Å²) in [6.07, 6.45) is 3.45. The molecule has 3 aromatic rings. The fourth-order valence-electron chi connectivity index (χ4n) is 3.22. The van der Waals surface area contributed by atoms with E-state index in [0.29, 0.717) is 18.8 Å². The van der Waals surface area contributed by atoms with Gasteiger partial charge in [0.25, 0.3) is 5.91 Å². The minimum absolute atomic E-state index is 0.0213. The second kappa shape index (κ2) is 7.49. The molecule has 0 saturated carbocycles. The second-order valence-electron chi connectivity index (χ2n) is 6.39. The molecular weight excluding hydrogens is 342 g/mol. The standard InChI is InChI=1S/C20H21N5O2/c1-27-17-6-4-16(5-7-17)24-9-11-25(12-10-24)20(26)19-13-18(22-23-19)15-3-2-8-21-14-15/h2-8,13-14H,9-12H2,1H3,(H,22,23). The summed E-state index contributed by atoms with van der Waals surface area (Å²) >= 11 is 0. The van der Waals surface area contributed by atoms with Crippen molar-refractivity contribution in [3.63, 3.8) is 0 Å². The molecule has 1 amide bonds. The first-order valence-corrected chi connectivity index (χ1v) is 8.88. The van der Waals surface area contributed by atoms with Crippen LogP contribution >= 0.6 is 0 Å². The normalized spacial score (nSPS) is 14.3. The maximum atomic E-state index is 12.8. The van der Waals surface area contributed by atoms with Crippen LogP contribution in [-0.2, 0) is 0 Å². The van der Waals surface area contributed by atoms with E-state index >= 15 is 0 Å². The average Bonchev–Trinajstić information content (AvgIpc) is 3.24. The molecule has 1 N–H and O–H groups in total. The van der Waals surface area contributed by atoms with Crippen LogP contribution in [0.3, 0.4) is 0 Å². The Bertz CT molecular complexity index is 900. The van der Waals surface area contributed by atoms with E-state index in [9.17, 15) is 4.79 Å². The van der Waals surface area contributed by atoms with Gasteiger partial charge >= 0.3 is 0 Å². The maximum Gasteiger partial charge on any atom is 0.272 e. The van der Waals surface area contributed by atoms with Crippen molar-refractivity contribution >= 4 is 11.6 Å². The van der Waals surface area contributed by atoms with Gasteiger partial charge in [0.05, 0.1) is 12.8 Å². The van der Waals surface area contributed by atoms with E-state index in [1.165, 1.54) is 0 Å². The lowest BCUT2D eigenvalue weighted by molar-refractivity contribution is 0.0741. The summed E-state index contributed by atoms with van der Waals surface area (Å²) in [5, 5.41) is 7.11. The summed E-state index contributed by atoms with van der Waals surface area (Å²) < 4.78 is 5.20. The number of rotatable bonds is 4. The zero-order valence-electron chi connectivity index (χ0n) is 15.1. The van der Waals surface area contributed by atoms with Crippen molar-refractivity contribution in [2.24, 2.45) is 0 Å². The molecule has 0 aliphatic carbocycles. The van der Waals surface area contributed by atoms with E-state index in [4.69, 9.17) is 4.74 Å².